The summed E-state index contributed by atoms with van der Waals surface area (Å²) in [6.07, 6.45) is -0.391. The smallest absolute Gasteiger partial charge is 0.172 e. The number of carbonyl (C=O) groups is 16. The minimum atomic E-state index is -0.375. The van der Waals surface area contributed by atoms with Gasteiger partial charge in [-0.25, -0.2) is 0 Å². The van der Waals surface area contributed by atoms with Gasteiger partial charge in [0.25, 0.3) is 0 Å². The third-order valence-corrected chi connectivity index (χ3v) is 22.3. The summed E-state index contributed by atoms with van der Waals surface area (Å²) in [7, 11) is 0. The second kappa shape index (κ2) is 33.2. The summed E-state index contributed by atoms with van der Waals surface area (Å²) in [6.45, 7) is 0. The first-order chi connectivity index (χ1) is 52.7. The summed E-state index contributed by atoms with van der Waals surface area (Å²) in [6, 6.07) is 47.9. The molecule has 0 saturated carbocycles. The second-order valence-corrected chi connectivity index (χ2v) is 29.9. The van der Waals surface area contributed by atoms with Crippen LogP contribution in [0.2, 0.25) is 55.2 Å². The lowest BCUT2D eigenvalue weighted by Gasteiger charge is -2.07. The Bertz CT molecular complexity index is 5890. The number of rotatable bonds is 0. The van der Waals surface area contributed by atoms with Crippen molar-refractivity contribution in [1.29, 1.82) is 0 Å². The molecular formula is C84H43Cl11O16. The van der Waals surface area contributed by atoms with E-state index in [1.807, 2.05) is 60.7 Å². The Hall–Kier alpha value is -9.89. The molecule has 111 heavy (non-hydrogen) atoms. The molecule has 19 rings (SSSR count). The molecule has 0 N–H and O–H groups in total. The number of fused-ring (bicyclic) bond motifs is 11. The number of hydrogen-bond acceptors (Lipinski definition) is 16. The maximum Gasteiger partial charge on any atom is 0.172 e. The van der Waals surface area contributed by atoms with Crippen LogP contribution >= 0.6 is 128 Å². The van der Waals surface area contributed by atoms with E-state index in [2.05, 4.69) is 24.3 Å². The van der Waals surface area contributed by atoms with E-state index in [1.165, 1.54) is 36.4 Å². The molecule has 552 valence electrons. The molecule has 0 amide bonds. The third kappa shape index (κ3) is 16.6. The average molecular weight is 1700 g/mol. The van der Waals surface area contributed by atoms with Crippen molar-refractivity contribution in [2.45, 2.75) is 51.4 Å². The molecule has 0 unspecified atom stereocenters. The topological polar surface area (TPSA) is 273 Å². The van der Waals surface area contributed by atoms with Crippen LogP contribution in [-0.4, -0.2) is 92.5 Å². The molecule has 0 fully saturated rings. The van der Waals surface area contributed by atoms with Gasteiger partial charge in [0.05, 0.1) is 108 Å². The number of carbonyl (C=O) groups excluding carboxylic acids is 16. The van der Waals surface area contributed by atoms with Gasteiger partial charge in [-0.2, -0.15) is 0 Å². The molecule has 0 bridgehead atoms. The van der Waals surface area contributed by atoms with Crippen LogP contribution in [0.5, 0.6) is 0 Å². The first-order valence-electron chi connectivity index (χ1n) is 32.9. The predicted molar refractivity (Wildman–Crippen MR) is 425 cm³/mol. The monoisotopic (exact) mass is 1690 g/mol. The van der Waals surface area contributed by atoms with Gasteiger partial charge >= 0.3 is 0 Å². The molecule has 0 saturated heterocycles. The normalized spacial score (nSPS) is 14.8. The molecule has 0 aliphatic heterocycles. The maximum atomic E-state index is 11.8. The highest BCUT2D eigenvalue weighted by Crippen LogP contribution is 2.45. The van der Waals surface area contributed by atoms with E-state index in [4.69, 9.17) is 128 Å². The van der Waals surface area contributed by atoms with Crippen molar-refractivity contribution in [1.82, 2.24) is 0 Å². The molecule has 0 radical (unpaired) electrons. The largest absolute Gasteiger partial charge is 0.294 e. The van der Waals surface area contributed by atoms with E-state index in [0.717, 1.165) is 32.3 Å². The van der Waals surface area contributed by atoms with E-state index in [9.17, 15) is 76.7 Å². The molecule has 11 aromatic rings. The van der Waals surface area contributed by atoms with Gasteiger partial charge in [0.15, 0.2) is 92.5 Å². The fourth-order valence-electron chi connectivity index (χ4n) is 13.1. The lowest BCUT2D eigenvalue weighted by atomic mass is 9.99. The molecule has 0 atom stereocenters. The van der Waals surface area contributed by atoms with Crippen molar-refractivity contribution in [3.8, 4) is 0 Å². The van der Waals surface area contributed by atoms with E-state index < -0.39 is 0 Å². The summed E-state index contributed by atoms with van der Waals surface area (Å²) < 4.78 is 0. The van der Waals surface area contributed by atoms with E-state index >= 15 is 0 Å². The van der Waals surface area contributed by atoms with E-state index in [-0.39, 0.29) is 191 Å². The zero-order valence-electron chi connectivity index (χ0n) is 56.4. The van der Waals surface area contributed by atoms with Crippen molar-refractivity contribution in [2.75, 3.05) is 0 Å². The predicted octanol–water partition coefficient (Wildman–Crippen LogP) is 22.3. The van der Waals surface area contributed by atoms with Gasteiger partial charge in [-0.05, 0) is 123 Å². The summed E-state index contributed by atoms with van der Waals surface area (Å²) in [5, 5.41) is 8.71. The fourth-order valence-corrected chi connectivity index (χ4v) is 15.8. The summed E-state index contributed by atoms with van der Waals surface area (Å²) in [4.78, 5) is 181. The molecule has 27 heteroatoms. The van der Waals surface area contributed by atoms with Crippen LogP contribution in [0.3, 0.4) is 0 Å². The highest BCUT2D eigenvalue weighted by molar-refractivity contribution is 6.55. The van der Waals surface area contributed by atoms with Crippen molar-refractivity contribution in [3.63, 3.8) is 0 Å². The van der Waals surface area contributed by atoms with Gasteiger partial charge < -0.3 is 0 Å². The van der Waals surface area contributed by atoms with Crippen LogP contribution < -0.4 is 0 Å². The molecule has 0 aromatic heterocycles. The van der Waals surface area contributed by atoms with Gasteiger partial charge in [-0.3, -0.25) is 76.7 Å². The molecule has 0 spiro atoms. The minimum absolute atomic E-state index is 0.00285. The summed E-state index contributed by atoms with van der Waals surface area (Å²) in [5.74, 6) is -2.59. The minimum Gasteiger partial charge on any atom is -0.294 e. The summed E-state index contributed by atoms with van der Waals surface area (Å²) >= 11 is 63.3. The second-order valence-electron chi connectivity index (χ2n) is 25.5. The Kier molecular flexibility index (Phi) is 24.1. The highest BCUT2D eigenvalue weighted by Gasteiger charge is 2.37. The molecule has 11 aromatic carbocycles. The van der Waals surface area contributed by atoms with Crippen molar-refractivity contribution < 1.29 is 76.7 Å². The standard InChI is InChI=1S/C17H10O2.C13H8O2.C9H2Cl4O2.3C9H4Cl2O2.C9H5ClO2.C9H6O2/c18-16-9-17(19)15-8-13-6-11-4-2-1-3-10(11)5-12(13)7-14(15)16;14-12-7-13(15)11-6-9-4-2-1-3-8(9)5-10(11)12;10-6-4-2(14)1-3(15)5(4)7(11)9(13)8(6)12;10-6-1-4-5(2-7(6)11)9(13)3-8(4)12;10-4-1-5-7(12)3-8(13)9(5)6(11)2-4;10-4-1-2-5(11)9-7(13)3-6(12)8(4)9;10-5-1-2-6-7(3-5)9(12)4-8(6)11;10-8-5-9(11)7-4-2-1-3-6(7)8/h1-8H,9H2;1-6H,7H2;1H2;3*1-2H,3H2;1-3H,4H2;1-4H,5H2. The number of halogens is 11. The van der Waals surface area contributed by atoms with Crippen LogP contribution in [0.1, 0.15) is 217 Å². The van der Waals surface area contributed by atoms with E-state index in [1.54, 1.807) is 42.5 Å². The Morgan fingerprint density at radius 3 is 0.802 bits per heavy atom. The number of hydrogen-bond donors (Lipinski definition) is 0. The zero-order valence-corrected chi connectivity index (χ0v) is 64.8. The van der Waals surface area contributed by atoms with Gasteiger partial charge in [0.1, 0.15) is 0 Å². The number of Topliss-reactive ketones (excluding diaryl/α,β-unsaturated/α-hetero) is 16. The quantitative estimate of drug-likeness (QED) is 0.0590. The molecule has 16 nitrogen and oxygen atoms in total. The fraction of sp³-hybridized carbons (Fsp3) is 0.0952. The Labute approximate surface area is 683 Å². The SMILES string of the molecule is O=C1CC(=O)c2c(Cl)c(Cl)c(Cl)c(Cl)c21.O=C1CC(=O)c2c(Cl)cc(Cl)cc21.O=C1CC(=O)c2c(Cl)ccc(Cl)c21.O=C1CC(=O)c2cc(Cl)c(Cl)cc21.O=C1CC(=O)c2cc(Cl)ccc21.O=C1CC(=O)c2cc3cc4ccccc4cc3cc21.O=C1CC(=O)c2cc3ccccc3cc21.O=C1CC(=O)c2ccccc21. The summed E-state index contributed by atoms with van der Waals surface area (Å²) in [5.41, 5.74) is 6.61. The third-order valence-electron chi connectivity index (χ3n) is 18.4. The van der Waals surface area contributed by atoms with Crippen LogP contribution in [0, 0.1) is 0 Å². The maximum absolute atomic E-state index is 11.8. The lowest BCUT2D eigenvalue weighted by molar-refractivity contribution is 0.0906. The Morgan fingerprint density at radius 1 is 0.162 bits per heavy atom. The Morgan fingerprint density at radius 2 is 0.423 bits per heavy atom. The molecular weight excluding hydrogens is 1650 g/mol. The lowest BCUT2D eigenvalue weighted by Crippen LogP contribution is -1.95. The van der Waals surface area contributed by atoms with Crippen molar-refractivity contribution in [2.24, 2.45) is 0 Å². The first-order valence-corrected chi connectivity index (χ1v) is 37.1. The van der Waals surface area contributed by atoms with Gasteiger partial charge in [0.2, 0.25) is 0 Å². The van der Waals surface area contributed by atoms with Crippen molar-refractivity contribution >= 4 is 252 Å². The van der Waals surface area contributed by atoms with E-state index in [0.29, 0.717) is 96.9 Å². The Balaban J connectivity index is 0.000000119. The van der Waals surface area contributed by atoms with Crippen LogP contribution in [-0.2, 0) is 0 Å². The van der Waals surface area contributed by atoms with Crippen LogP contribution in [0.15, 0.2) is 164 Å². The van der Waals surface area contributed by atoms with Crippen molar-refractivity contribution in [3.05, 3.63) is 308 Å². The average Bonchev–Trinajstić information content (AvgIpc) is 1.64. The molecule has 8 aliphatic carbocycles. The van der Waals surface area contributed by atoms with Crippen LogP contribution in [0.4, 0.5) is 0 Å². The molecule has 0 heterocycles. The van der Waals surface area contributed by atoms with Crippen LogP contribution in [0.25, 0.3) is 32.3 Å². The number of ketones is 16. The first kappa shape index (κ1) is 80.6. The van der Waals surface area contributed by atoms with Gasteiger partial charge in [-0.15, -0.1) is 0 Å². The van der Waals surface area contributed by atoms with Gasteiger partial charge in [0, 0.05) is 87.9 Å². The molecule has 8 aliphatic rings. The highest BCUT2D eigenvalue weighted by atomic mass is 35.5. The number of benzene rings is 11. The van der Waals surface area contributed by atoms with Gasteiger partial charge in [-0.1, -0.05) is 200 Å². The zero-order chi connectivity index (χ0) is 80.0.